The zero-order valence-corrected chi connectivity index (χ0v) is 17.6. The van der Waals surface area contributed by atoms with E-state index in [-0.39, 0.29) is 11.9 Å². The Morgan fingerprint density at radius 3 is 2.30 bits per heavy atom. The third-order valence-electron chi connectivity index (χ3n) is 5.02. The number of aryl methyl sites for hydroxylation is 1. The molecule has 0 saturated heterocycles. The lowest BCUT2D eigenvalue weighted by Gasteiger charge is -2.18. The van der Waals surface area contributed by atoms with Crippen LogP contribution in [-0.4, -0.2) is 5.97 Å². The van der Waals surface area contributed by atoms with Crippen molar-refractivity contribution in [2.75, 3.05) is 0 Å². The largest absolute Gasteiger partial charge is 0.489 e. The Bertz CT molecular complexity index is 967. The number of hydrogen-bond donors (Lipinski definition) is 0. The number of carbonyl (C=O) groups is 1. The molecule has 0 aromatic heterocycles. The molecule has 0 bridgehead atoms. The van der Waals surface area contributed by atoms with Gasteiger partial charge in [-0.25, -0.2) is 4.39 Å². The fraction of sp³-hybridized carbons (Fsp3) is 0.269. The van der Waals surface area contributed by atoms with Crippen LogP contribution in [0, 0.1) is 18.7 Å². The molecule has 3 aromatic rings. The van der Waals surface area contributed by atoms with Gasteiger partial charge in [-0.1, -0.05) is 67.1 Å². The van der Waals surface area contributed by atoms with Gasteiger partial charge in [-0.05, 0) is 43.5 Å². The van der Waals surface area contributed by atoms with E-state index < -0.39 is 11.9 Å². The van der Waals surface area contributed by atoms with E-state index in [1.165, 1.54) is 11.6 Å². The molecule has 156 valence electrons. The van der Waals surface area contributed by atoms with Gasteiger partial charge in [0.15, 0.2) is 0 Å². The molecule has 3 aromatic carbocycles. The highest BCUT2D eigenvalue weighted by atomic mass is 19.1. The third kappa shape index (κ3) is 5.93. The predicted octanol–water partition coefficient (Wildman–Crippen LogP) is 6.20. The van der Waals surface area contributed by atoms with Gasteiger partial charge in [-0.2, -0.15) is 0 Å². The lowest BCUT2D eigenvalue weighted by molar-refractivity contribution is -0.153. The van der Waals surface area contributed by atoms with E-state index in [9.17, 15) is 9.18 Å². The minimum Gasteiger partial charge on any atom is -0.489 e. The average Bonchev–Trinajstić information content (AvgIpc) is 2.74. The molecular formula is C26H27FO3. The van der Waals surface area contributed by atoms with Gasteiger partial charge < -0.3 is 9.47 Å². The van der Waals surface area contributed by atoms with Crippen molar-refractivity contribution >= 4 is 5.97 Å². The molecule has 0 amide bonds. The molecule has 0 aliphatic carbocycles. The molecule has 0 radical (unpaired) electrons. The predicted molar refractivity (Wildman–Crippen MR) is 116 cm³/mol. The van der Waals surface area contributed by atoms with Crippen molar-refractivity contribution in [1.82, 2.24) is 0 Å². The summed E-state index contributed by atoms with van der Waals surface area (Å²) < 4.78 is 25.8. The van der Waals surface area contributed by atoms with Crippen molar-refractivity contribution in [2.24, 2.45) is 5.92 Å². The van der Waals surface area contributed by atoms with E-state index in [2.05, 4.69) is 0 Å². The van der Waals surface area contributed by atoms with Crippen LogP contribution in [-0.2, 0) is 22.6 Å². The van der Waals surface area contributed by atoms with Crippen LogP contribution >= 0.6 is 0 Å². The van der Waals surface area contributed by atoms with Gasteiger partial charge in [-0.15, -0.1) is 0 Å². The first-order valence-corrected chi connectivity index (χ1v) is 10.1. The summed E-state index contributed by atoms with van der Waals surface area (Å²) in [5.74, 6) is -0.666. The molecule has 0 heterocycles. The van der Waals surface area contributed by atoms with Crippen LogP contribution in [0.3, 0.4) is 0 Å². The molecule has 4 heteroatoms. The summed E-state index contributed by atoms with van der Waals surface area (Å²) in [7, 11) is 0. The SMILES string of the molecule is Cc1ccc(COc2ccc(C(C)OC(=O)C(C)Cc3ccccc3)c(F)c2)cc1. The zero-order valence-electron chi connectivity index (χ0n) is 17.6. The molecular weight excluding hydrogens is 379 g/mol. The normalized spacial score (nSPS) is 12.8. The maximum atomic E-state index is 14.6. The number of ether oxygens (including phenoxy) is 2. The Morgan fingerprint density at radius 1 is 0.933 bits per heavy atom. The Kier molecular flexibility index (Phi) is 7.23. The Labute approximate surface area is 177 Å². The van der Waals surface area contributed by atoms with E-state index >= 15 is 0 Å². The topological polar surface area (TPSA) is 35.5 Å². The van der Waals surface area contributed by atoms with Crippen LogP contribution in [0.4, 0.5) is 4.39 Å². The summed E-state index contributed by atoms with van der Waals surface area (Å²) in [5.41, 5.74) is 3.59. The van der Waals surface area contributed by atoms with E-state index in [0.717, 1.165) is 11.1 Å². The highest BCUT2D eigenvalue weighted by Gasteiger charge is 2.21. The number of esters is 1. The molecule has 0 N–H and O–H groups in total. The highest BCUT2D eigenvalue weighted by molar-refractivity contribution is 5.72. The summed E-state index contributed by atoms with van der Waals surface area (Å²) in [6, 6.07) is 22.4. The van der Waals surface area contributed by atoms with Crippen molar-refractivity contribution in [3.63, 3.8) is 0 Å². The lowest BCUT2D eigenvalue weighted by Crippen LogP contribution is -2.19. The lowest BCUT2D eigenvalue weighted by atomic mass is 10.0. The van der Waals surface area contributed by atoms with Gasteiger partial charge in [0.1, 0.15) is 24.3 Å². The quantitative estimate of drug-likeness (QED) is 0.418. The van der Waals surface area contributed by atoms with Gasteiger partial charge in [0.05, 0.1) is 5.92 Å². The second-order valence-electron chi connectivity index (χ2n) is 7.63. The zero-order chi connectivity index (χ0) is 21.5. The van der Waals surface area contributed by atoms with Crippen molar-refractivity contribution in [1.29, 1.82) is 0 Å². The monoisotopic (exact) mass is 406 g/mol. The maximum Gasteiger partial charge on any atom is 0.309 e. The fourth-order valence-corrected chi connectivity index (χ4v) is 3.18. The fourth-order valence-electron chi connectivity index (χ4n) is 3.18. The van der Waals surface area contributed by atoms with E-state index in [1.54, 1.807) is 19.1 Å². The summed E-state index contributed by atoms with van der Waals surface area (Å²) >= 11 is 0. The highest BCUT2D eigenvalue weighted by Crippen LogP contribution is 2.26. The first-order chi connectivity index (χ1) is 14.4. The van der Waals surface area contributed by atoms with Crippen LogP contribution in [0.5, 0.6) is 5.75 Å². The smallest absolute Gasteiger partial charge is 0.309 e. The second-order valence-corrected chi connectivity index (χ2v) is 7.63. The summed E-state index contributed by atoms with van der Waals surface area (Å²) in [6.07, 6.45) is -0.0948. The summed E-state index contributed by atoms with van der Waals surface area (Å²) in [6.45, 7) is 5.88. The Morgan fingerprint density at radius 2 is 1.63 bits per heavy atom. The van der Waals surface area contributed by atoms with Crippen LogP contribution in [0.2, 0.25) is 0 Å². The molecule has 0 saturated carbocycles. The molecule has 30 heavy (non-hydrogen) atoms. The molecule has 0 aliphatic heterocycles. The molecule has 3 rings (SSSR count). The number of benzene rings is 3. The van der Waals surface area contributed by atoms with Gasteiger partial charge in [0.2, 0.25) is 0 Å². The van der Waals surface area contributed by atoms with Gasteiger partial charge >= 0.3 is 5.97 Å². The minimum absolute atomic E-state index is 0.310. The molecule has 3 nitrogen and oxygen atoms in total. The Balaban J connectivity index is 1.56. The van der Waals surface area contributed by atoms with Crippen LogP contribution in [0.1, 0.15) is 42.2 Å². The van der Waals surface area contributed by atoms with Crippen LogP contribution in [0.15, 0.2) is 72.8 Å². The minimum atomic E-state index is -0.679. The van der Waals surface area contributed by atoms with Crippen molar-refractivity contribution in [3.05, 3.63) is 101 Å². The Hall–Kier alpha value is -3.14. The van der Waals surface area contributed by atoms with E-state index in [1.807, 2.05) is 68.4 Å². The van der Waals surface area contributed by atoms with Crippen LogP contribution in [0.25, 0.3) is 0 Å². The standard InChI is InChI=1S/C26H27FO3/c1-18-9-11-22(12-10-18)17-29-23-13-14-24(25(27)16-23)20(3)30-26(28)19(2)15-21-7-5-4-6-8-21/h4-14,16,19-20H,15,17H2,1-3H3. The molecule has 2 atom stereocenters. The summed E-state index contributed by atoms with van der Waals surface area (Å²) in [5, 5.41) is 0. The molecule has 0 spiro atoms. The summed E-state index contributed by atoms with van der Waals surface area (Å²) in [4.78, 5) is 12.4. The third-order valence-corrected chi connectivity index (χ3v) is 5.02. The molecule has 0 aliphatic rings. The number of hydrogen-bond acceptors (Lipinski definition) is 3. The van der Waals surface area contributed by atoms with Crippen molar-refractivity contribution < 1.29 is 18.7 Å². The van der Waals surface area contributed by atoms with E-state index in [0.29, 0.717) is 24.3 Å². The van der Waals surface area contributed by atoms with Gasteiger partial charge in [0.25, 0.3) is 0 Å². The van der Waals surface area contributed by atoms with E-state index in [4.69, 9.17) is 9.47 Å². The van der Waals surface area contributed by atoms with Crippen molar-refractivity contribution in [2.45, 2.75) is 39.9 Å². The average molecular weight is 406 g/mol. The first-order valence-electron chi connectivity index (χ1n) is 10.1. The van der Waals surface area contributed by atoms with Gasteiger partial charge in [-0.3, -0.25) is 4.79 Å². The van der Waals surface area contributed by atoms with Crippen molar-refractivity contribution in [3.8, 4) is 5.75 Å². The van der Waals surface area contributed by atoms with Crippen LogP contribution < -0.4 is 4.74 Å². The number of carbonyl (C=O) groups excluding carboxylic acids is 1. The molecule has 2 unspecified atom stereocenters. The molecule has 0 fully saturated rings. The van der Waals surface area contributed by atoms with Gasteiger partial charge in [0, 0.05) is 11.6 Å². The number of rotatable bonds is 8. The maximum absolute atomic E-state index is 14.6. The first kappa shape index (κ1) is 21.6. The second kappa shape index (κ2) is 10.1. The number of halogens is 1.